The summed E-state index contributed by atoms with van der Waals surface area (Å²) in [5, 5.41) is 20.0. The largest absolute Gasteiger partial charge is 0.481 e. The maximum absolute atomic E-state index is 10.5. The van der Waals surface area contributed by atoms with Gasteiger partial charge in [0.05, 0.1) is 30.6 Å². The summed E-state index contributed by atoms with van der Waals surface area (Å²) in [5.74, 6) is 1.31. The molecule has 0 amide bonds. The van der Waals surface area contributed by atoms with Gasteiger partial charge >= 0.3 is 0 Å². The Morgan fingerprint density at radius 3 is 2.85 bits per heavy atom. The molecule has 2 aromatic rings. The Kier molecular flexibility index (Phi) is 4.20. The molecule has 2 aromatic heterocycles. The van der Waals surface area contributed by atoms with Crippen molar-refractivity contribution in [2.75, 3.05) is 7.11 Å². The highest BCUT2D eigenvalue weighted by molar-refractivity contribution is 5.57. The van der Waals surface area contributed by atoms with Crippen molar-refractivity contribution in [2.45, 2.75) is 38.2 Å². The van der Waals surface area contributed by atoms with Crippen LogP contribution in [0.25, 0.3) is 11.4 Å². The van der Waals surface area contributed by atoms with Crippen molar-refractivity contribution < 1.29 is 9.84 Å². The summed E-state index contributed by atoms with van der Waals surface area (Å²) < 4.78 is 5.59. The molecule has 2 aliphatic rings. The second kappa shape index (κ2) is 6.43. The lowest BCUT2D eigenvalue weighted by molar-refractivity contribution is 0.0664. The zero-order valence-electron chi connectivity index (χ0n) is 15.7. The van der Waals surface area contributed by atoms with Crippen LogP contribution in [0.4, 0.5) is 0 Å². The highest BCUT2D eigenvalue weighted by Gasteiger charge is 2.49. The molecule has 6 nitrogen and oxygen atoms in total. The molecule has 0 radical (unpaired) electrons. The monoisotopic (exact) mass is 362 g/mol. The van der Waals surface area contributed by atoms with Gasteiger partial charge in [0.2, 0.25) is 5.88 Å². The van der Waals surface area contributed by atoms with E-state index in [1.165, 1.54) is 0 Å². The number of aliphatic hydroxyl groups is 1. The quantitative estimate of drug-likeness (QED) is 0.883. The number of nitriles is 1. The first kappa shape index (κ1) is 17.6. The summed E-state index contributed by atoms with van der Waals surface area (Å²) in [6.07, 6.45) is 6.30. The predicted molar refractivity (Wildman–Crippen MR) is 99.8 cm³/mol. The predicted octanol–water partition coefficient (Wildman–Crippen LogP) is 2.83. The fourth-order valence-corrected chi connectivity index (χ4v) is 4.70. The van der Waals surface area contributed by atoms with Crippen LogP contribution in [0, 0.1) is 23.2 Å². The summed E-state index contributed by atoms with van der Waals surface area (Å²) in [6.45, 7) is 4.12. The van der Waals surface area contributed by atoms with Crippen LogP contribution in [-0.4, -0.2) is 33.3 Å². The number of pyridine rings is 1. The molecular formula is C21H22N4O2. The maximum Gasteiger partial charge on any atom is 0.220 e. The van der Waals surface area contributed by atoms with Gasteiger partial charge in [0.25, 0.3) is 0 Å². The van der Waals surface area contributed by atoms with E-state index < -0.39 is 11.5 Å². The van der Waals surface area contributed by atoms with Gasteiger partial charge in [-0.3, -0.25) is 4.98 Å². The second-order valence-electron chi connectivity index (χ2n) is 7.57. The number of nitrogens with zero attached hydrogens (tertiary/aromatic N) is 4. The minimum Gasteiger partial charge on any atom is -0.481 e. The third-order valence-electron chi connectivity index (χ3n) is 6.10. The number of rotatable bonds is 2. The minimum absolute atomic E-state index is 0.0226. The van der Waals surface area contributed by atoms with Crippen molar-refractivity contribution in [3.8, 4) is 23.3 Å². The van der Waals surface area contributed by atoms with Crippen LogP contribution in [0.2, 0.25) is 0 Å². The fraction of sp³-hybridized carbons (Fsp3) is 0.429. The van der Waals surface area contributed by atoms with E-state index in [0.717, 1.165) is 29.7 Å². The zero-order valence-corrected chi connectivity index (χ0v) is 15.7. The van der Waals surface area contributed by atoms with Crippen molar-refractivity contribution in [1.82, 2.24) is 15.0 Å². The molecule has 2 heterocycles. The van der Waals surface area contributed by atoms with Crippen molar-refractivity contribution >= 4 is 0 Å². The minimum atomic E-state index is -0.726. The molecule has 4 atom stereocenters. The number of allylic oxidation sites excluding steroid dienone is 1. The van der Waals surface area contributed by atoms with Crippen molar-refractivity contribution in [2.24, 2.45) is 11.8 Å². The first-order chi connectivity index (χ1) is 13.0. The summed E-state index contributed by atoms with van der Waals surface area (Å²) in [4.78, 5) is 13.7. The van der Waals surface area contributed by atoms with Gasteiger partial charge in [0.15, 0.2) is 5.82 Å². The Bertz CT molecular complexity index is 951. The topological polar surface area (TPSA) is 91.9 Å². The highest BCUT2D eigenvalue weighted by atomic mass is 16.5. The number of ether oxygens (including phenoxy) is 1. The average Bonchev–Trinajstić information content (AvgIpc) is 2.70. The molecule has 6 heteroatoms. The third kappa shape index (κ3) is 2.62. The van der Waals surface area contributed by atoms with E-state index in [-0.39, 0.29) is 11.8 Å². The van der Waals surface area contributed by atoms with E-state index in [1.807, 2.05) is 25.1 Å². The van der Waals surface area contributed by atoms with Crippen LogP contribution in [0.15, 0.2) is 36.2 Å². The van der Waals surface area contributed by atoms with E-state index in [4.69, 9.17) is 9.72 Å². The third-order valence-corrected chi connectivity index (χ3v) is 6.10. The number of methoxy groups -OCH3 is 1. The van der Waals surface area contributed by atoms with Gasteiger partial charge in [-0.25, -0.2) is 4.98 Å². The molecule has 0 saturated heterocycles. The van der Waals surface area contributed by atoms with Crippen LogP contribution in [0.3, 0.4) is 0 Å². The maximum atomic E-state index is 10.5. The van der Waals surface area contributed by atoms with Crippen molar-refractivity contribution in [1.29, 1.82) is 5.26 Å². The first-order valence-electron chi connectivity index (χ1n) is 9.16. The lowest BCUT2D eigenvalue weighted by Crippen LogP contribution is -2.47. The van der Waals surface area contributed by atoms with Gasteiger partial charge in [-0.05, 0) is 36.8 Å². The number of hydrogen-bond acceptors (Lipinski definition) is 6. The summed E-state index contributed by atoms with van der Waals surface area (Å²) in [5.41, 5.74) is 2.65. The highest BCUT2D eigenvalue weighted by Crippen LogP contribution is 2.51. The molecule has 0 aromatic carbocycles. The van der Waals surface area contributed by atoms with Gasteiger partial charge in [0, 0.05) is 28.9 Å². The number of aliphatic hydroxyl groups excluding tert-OH is 1. The van der Waals surface area contributed by atoms with Gasteiger partial charge < -0.3 is 9.84 Å². The lowest BCUT2D eigenvalue weighted by Gasteiger charge is -2.47. The molecule has 0 aliphatic heterocycles. The molecule has 27 heavy (non-hydrogen) atoms. The Hall–Kier alpha value is -2.78. The van der Waals surface area contributed by atoms with Crippen LogP contribution in [-0.2, 0) is 11.8 Å². The van der Waals surface area contributed by atoms with Crippen LogP contribution in [0.1, 0.15) is 31.5 Å². The number of hydrogen-bond donors (Lipinski definition) is 1. The summed E-state index contributed by atoms with van der Waals surface area (Å²) >= 11 is 0. The Morgan fingerprint density at radius 1 is 1.37 bits per heavy atom. The van der Waals surface area contributed by atoms with Crippen molar-refractivity contribution in [3.05, 3.63) is 47.4 Å². The van der Waals surface area contributed by atoms with Gasteiger partial charge in [-0.1, -0.05) is 19.9 Å². The normalized spacial score (nSPS) is 29.1. The average molecular weight is 362 g/mol. The number of fused-ring (bicyclic) bond motifs is 3. The summed E-state index contributed by atoms with van der Waals surface area (Å²) in [7, 11) is 1.62. The van der Waals surface area contributed by atoms with E-state index in [9.17, 15) is 10.4 Å². The molecule has 0 fully saturated rings. The van der Waals surface area contributed by atoms with Gasteiger partial charge in [-0.2, -0.15) is 10.2 Å². The van der Waals surface area contributed by atoms with E-state index in [1.54, 1.807) is 19.5 Å². The van der Waals surface area contributed by atoms with Crippen LogP contribution < -0.4 is 4.74 Å². The standard InChI is InChI=1S/C21H22N4O2/c1-12-16-7-6-15-18(21(16,2)9-14(10-22)17(12)26)24-19(25-20(15)27-3)13-5-4-8-23-11-13/h4-5,8-9,11-12,16-17,26H,6-7H2,1-3H3/t12-,16-,17?,21-/m0/s1. The van der Waals surface area contributed by atoms with E-state index in [0.29, 0.717) is 17.3 Å². The van der Waals surface area contributed by atoms with Crippen molar-refractivity contribution in [3.63, 3.8) is 0 Å². The molecule has 138 valence electrons. The first-order valence-corrected chi connectivity index (χ1v) is 9.16. The molecule has 2 aliphatic carbocycles. The van der Waals surface area contributed by atoms with Crippen LogP contribution >= 0.6 is 0 Å². The smallest absolute Gasteiger partial charge is 0.220 e. The Balaban J connectivity index is 1.96. The number of aromatic nitrogens is 3. The molecule has 4 rings (SSSR count). The van der Waals surface area contributed by atoms with Gasteiger partial charge in [-0.15, -0.1) is 0 Å². The Morgan fingerprint density at radius 2 is 2.19 bits per heavy atom. The molecule has 1 N–H and O–H groups in total. The van der Waals surface area contributed by atoms with E-state index in [2.05, 4.69) is 23.0 Å². The van der Waals surface area contributed by atoms with Crippen LogP contribution in [0.5, 0.6) is 5.88 Å². The van der Waals surface area contributed by atoms with E-state index >= 15 is 0 Å². The summed E-state index contributed by atoms with van der Waals surface area (Å²) in [6, 6.07) is 5.94. The van der Waals surface area contributed by atoms with Gasteiger partial charge in [0.1, 0.15) is 0 Å². The Labute approximate surface area is 158 Å². The molecule has 0 bridgehead atoms. The SMILES string of the molecule is COc1nc(-c2cccnc2)nc2c1CC[C@H]1[C@H](C)C(O)C(C#N)=C[C@]21C. The molecule has 0 spiro atoms. The molecule has 0 saturated carbocycles. The second-order valence-corrected chi connectivity index (χ2v) is 7.57. The molecular weight excluding hydrogens is 340 g/mol. The fourth-order valence-electron chi connectivity index (χ4n) is 4.70. The zero-order chi connectivity index (χ0) is 19.2. The lowest BCUT2D eigenvalue weighted by atomic mass is 9.57. The molecule has 1 unspecified atom stereocenters.